The minimum absolute atomic E-state index is 1.18. The van der Waals surface area contributed by atoms with E-state index in [4.69, 9.17) is 0 Å². The maximum atomic E-state index is 2.43. The van der Waals surface area contributed by atoms with Crippen molar-refractivity contribution in [3.63, 3.8) is 0 Å². The number of rotatable bonds is 4. The number of aromatic nitrogens is 1. The van der Waals surface area contributed by atoms with Crippen molar-refractivity contribution in [3.8, 4) is 39.1 Å². The molecule has 1 heterocycles. The fraction of sp³-hybridized carbons (Fsp3) is 0. The zero-order chi connectivity index (χ0) is 24.6. The third kappa shape index (κ3) is 3.73. The molecule has 7 rings (SSSR count). The van der Waals surface area contributed by atoms with Crippen LogP contribution in [0.25, 0.3) is 60.9 Å². The smallest absolute Gasteiger partial charge is 0.0541 e. The van der Waals surface area contributed by atoms with Crippen LogP contribution >= 0.6 is 0 Å². The van der Waals surface area contributed by atoms with E-state index in [-0.39, 0.29) is 0 Å². The van der Waals surface area contributed by atoms with E-state index in [9.17, 15) is 0 Å². The van der Waals surface area contributed by atoms with Gasteiger partial charge in [0.15, 0.2) is 0 Å². The van der Waals surface area contributed by atoms with E-state index in [1.807, 2.05) is 0 Å². The molecule has 7 aromatic rings. The van der Waals surface area contributed by atoms with Crippen LogP contribution in [0.3, 0.4) is 0 Å². The molecule has 0 saturated carbocycles. The average molecular weight is 472 g/mol. The monoisotopic (exact) mass is 471 g/mol. The van der Waals surface area contributed by atoms with Gasteiger partial charge in [-0.3, -0.25) is 0 Å². The molecular weight excluding hydrogens is 446 g/mol. The first kappa shape index (κ1) is 21.4. The Balaban J connectivity index is 1.52. The minimum Gasteiger partial charge on any atom is -0.309 e. The third-order valence-electron chi connectivity index (χ3n) is 7.21. The van der Waals surface area contributed by atoms with Crippen LogP contribution in [-0.4, -0.2) is 4.57 Å². The second-order valence-corrected chi connectivity index (χ2v) is 9.41. The van der Waals surface area contributed by atoms with E-state index in [1.165, 1.54) is 60.9 Å². The molecule has 6 aromatic carbocycles. The molecule has 0 N–H and O–H groups in total. The maximum Gasteiger partial charge on any atom is 0.0541 e. The molecule has 0 aliphatic carbocycles. The van der Waals surface area contributed by atoms with Gasteiger partial charge in [0, 0.05) is 16.3 Å². The van der Waals surface area contributed by atoms with Gasteiger partial charge in [0.25, 0.3) is 0 Å². The Hall–Kier alpha value is -4.88. The summed E-state index contributed by atoms with van der Waals surface area (Å²) in [5, 5.41) is 2.53. The summed E-state index contributed by atoms with van der Waals surface area (Å²) >= 11 is 0. The molecule has 37 heavy (non-hydrogen) atoms. The van der Waals surface area contributed by atoms with Crippen LogP contribution in [0.15, 0.2) is 152 Å². The Labute approximate surface area is 216 Å². The molecule has 0 radical (unpaired) electrons. The SMILES string of the molecule is c1ccc(-c2ccc(-n3c4ccccc4c4cc(-c5ccccc5)ccc43)c(-c3ccccc3)c2)cc1. The van der Waals surface area contributed by atoms with Crippen molar-refractivity contribution in [2.75, 3.05) is 0 Å². The normalized spacial score (nSPS) is 11.2. The van der Waals surface area contributed by atoms with Gasteiger partial charge in [-0.05, 0) is 58.1 Å². The standard InChI is InChI=1S/C36H25N/c1-4-12-26(13-5-1)29-20-22-35(32(24-29)28-16-8-3-9-17-28)37-34-19-11-10-18-31(34)33-25-30(21-23-36(33)37)27-14-6-2-7-15-27/h1-25H. The Bertz CT molecular complexity index is 1850. The molecule has 1 aromatic heterocycles. The molecule has 0 atom stereocenters. The zero-order valence-corrected chi connectivity index (χ0v) is 20.4. The Kier molecular flexibility index (Phi) is 5.19. The van der Waals surface area contributed by atoms with Gasteiger partial charge in [-0.15, -0.1) is 0 Å². The molecule has 0 unspecified atom stereocenters. The van der Waals surface area contributed by atoms with E-state index >= 15 is 0 Å². The van der Waals surface area contributed by atoms with E-state index in [0.29, 0.717) is 0 Å². The summed E-state index contributed by atoms with van der Waals surface area (Å²) in [4.78, 5) is 0. The summed E-state index contributed by atoms with van der Waals surface area (Å²) in [5.41, 5.74) is 11.0. The molecule has 0 spiro atoms. The van der Waals surface area contributed by atoms with Gasteiger partial charge in [0.05, 0.1) is 16.7 Å². The second kappa shape index (κ2) is 8.96. The van der Waals surface area contributed by atoms with Crippen molar-refractivity contribution in [3.05, 3.63) is 152 Å². The summed E-state index contributed by atoms with van der Waals surface area (Å²) in [6.07, 6.45) is 0. The molecular formula is C36H25N. The highest BCUT2D eigenvalue weighted by Crippen LogP contribution is 2.39. The van der Waals surface area contributed by atoms with Crippen molar-refractivity contribution in [1.82, 2.24) is 4.57 Å². The Morgan fingerprint density at radius 2 is 0.838 bits per heavy atom. The molecule has 0 saturated heterocycles. The highest BCUT2D eigenvalue weighted by molar-refractivity contribution is 6.11. The van der Waals surface area contributed by atoms with Gasteiger partial charge in [-0.1, -0.05) is 121 Å². The van der Waals surface area contributed by atoms with E-state index in [2.05, 4.69) is 156 Å². The summed E-state index contributed by atoms with van der Waals surface area (Å²) in [5.74, 6) is 0. The van der Waals surface area contributed by atoms with E-state index < -0.39 is 0 Å². The molecule has 174 valence electrons. The number of nitrogens with zero attached hydrogens (tertiary/aromatic N) is 1. The molecule has 0 fully saturated rings. The van der Waals surface area contributed by atoms with Gasteiger partial charge in [-0.25, -0.2) is 0 Å². The summed E-state index contributed by atoms with van der Waals surface area (Å²) < 4.78 is 2.43. The molecule has 0 aliphatic rings. The van der Waals surface area contributed by atoms with Crippen molar-refractivity contribution in [2.45, 2.75) is 0 Å². The number of fused-ring (bicyclic) bond motifs is 3. The van der Waals surface area contributed by atoms with Crippen LogP contribution in [0, 0.1) is 0 Å². The molecule has 0 bridgehead atoms. The quantitative estimate of drug-likeness (QED) is 0.241. The predicted molar refractivity (Wildman–Crippen MR) is 157 cm³/mol. The fourth-order valence-electron chi connectivity index (χ4n) is 5.43. The van der Waals surface area contributed by atoms with E-state index in [0.717, 1.165) is 0 Å². The lowest BCUT2D eigenvalue weighted by atomic mass is 9.97. The molecule has 0 amide bonds. The third-order valence-corrected chi connectivity index (χ3v) is 7.21. The topological polar surface area (TPSA) is 4.93 Å². The van der Waals surface area contributed by atoms with Gasteiger partial charge < -0.3 is 4.57 Å². The number of benzene rings is 6. The number of para-hydroxylation sites is 1. The van der Waals surface area contributed by atoms with Crippen molar-refractivity contribution in [1.29, 1.82) is 0 Å². The fourth-order valence-corrected chi connectivity index (χ4v) is 5.43. The lowest BCUT2D eigenvalue weighted by Gasteiger charge is -2.16. The lowest BCUT2D eigenvalue weighted by Crippen LogP contribution is -1.98. The van der Waals surface area contributed by atoms with Gasteiger partial charge in [0.1, 0.15) is 0 Å². The van der Waals surface area contributed by atoms with Crippen molar-refractivity contribution < 1.29 is 0 Å². The highest BCUT2D eigenvalue weighted by Gasteiger charge is 2.17. The number of hydrogen-bond acceptors (Lipinski definition) is 0. The Morgan fingerprint density at radius 1 is 0.324 bits per heavy atom. The second-order valence-electron chi connectivity index (χ2n) is 9.41. The van der Waals surface area contributed by atoms with Crippen LogP contribution in [0.1, 0.15) is 0 Å². The largest absolute Gasteiger partial charge is 0.309 e. The summed E-state index contributed by atoms with van der Waals surface area (Å²) in [6.45, 7) is 0. The zero-order valence-electron chi connectivity index (χ0n) is 20.4. The Morgan fingerprint density at radius 3 is 1.51 bits per heavy atom. The first-order chi connectivity index (χ1) is 18.4. The average Bonchev–Trinajstić information content (AvgIpc) is 3.32. The molecule has 1 nitrogen and oxygen atoms in total. The van der Waals surface area contributed by atoms with Crippen LogP contribution < -0.4 is 0 Å². The summed E-state index contributed by atoms with van der Waals surface area (Å²) in [6, 6.07) is 54.4. The van der Waals surface area contributed by atoms with Crippen molar-refractivity contribution in [2.24, 2.45) is 0 Å². The van der Waals surface area contributed by atoms with Gasteiger partial charge >= 0.3 is 0 Å². The molecule has 1 heteroatoms. The minimum atomic E-state index is 1.18. The first-order valence-electron chi connectivity index (χ1n) is 12.7. The van der Waals surface area contributed by atoms with Crippen LogP contribution in [0.2, 0.25) is 0 Å². The highest BCUT2D eigenvalue weighted by atomic mass is 15.0. The predicted octanol–water partition coefficient (Wildman–Crippen LogP) is 9.78. The van der Waals surface area contributed by atoms with Gasteiger partial charge in [-0.2, -0.15) is 0 Å². The first-order valence-corrected chi connectivity index (χ1v) is 12.7. The van der Waals surface area contributed by atoms with Gasteiger partial charge in [0.2, 0.25) is 0 Å². The van der Waals surface area contributed by atoms with Crippen molar-refractivity contribution >= 4 is 21.8 Å². The maximum absolute atomic E-state index is 2.43. The molecule has 0 aliphatic heterocycles. The number of hydrogen-bond donors (Lipinski definition) is 0. The van der Waals surface area contributed by atoms with Crippen LogP contribution in [-0.2, 0) is 0 Å². The van der Waals surface area contributed by atoms with Crippen LogP contribution in [0.4, 0.5) is 0 Å². The van der Waals surface area contributed by atoms with E-state index in [1.54, 1.807) is 0 Å². The summed E-state index contributed by atoms with van der Waals surface area (Å²) in [7, 11) is 0. The van der Waals surface area contributed by atoms with Crippen LogP contribution in [0.5, 0.6) is 0 Å². The lowest BCUT2D eigenvalue weighted by molar-refractivity contribution is 1.18.